The van der Waals surface area contributed by atoms with E-state index in [9.17, 15) is 14.9 Å². The molecule has 2 unspecified atom stereocenters. The van der Waals surface area contributed by atoms with Gasteiger partial charge in [0.15, 0.2) is 0 Å². The van der Waals surface area contributed by atoms with Crippen molar-refractivity contribution in [3.05, 3.63) is 33.9 Å². The van der Waals surface area contributed by atoms with Crippen LogP contribution in [0.1, 0.15) is 24.2 Å². The van der Waals surface area contributed by atoms with Crippen LogP contribution in [0.3, 0.4) is 0 Å². The van der Waals surface area contributed by atoms with Crippen LogP contribution in [0.5, 0.6) is 0 Å². The maximum absolute atomic E-state index is 12.5. The van der Waals surface area contributed by atoms with E-state index in [4.69, 9.17) is 0 Å². The summed E-state index contributed by atoms with van der Waals surface area (Å²) in [6, 6.07) is 4.57. The van der Waals surface area contributed by atoms with Crippen molar-refractivity contribution >= 4 is 29.0 Å². The number of amides is 1. The quantitative estimate of drug-likeness (QED) is 0.686. The van der Waals surface area contributed by atoms with Gasteiger partial charge in [-0.1, -0.05) is 13.8 Å². The average molecular weight is 309 g/mol. The molecule has 1 aromatic rings. The Bertz CT molecular complexity index is 554. The van der Waals surface area contributed by atoms with Gasteiger partial charge in [-0.3, -0.25) is 14.9 Å². The van der Waals surface area contributed by atoms with Crippen molar-refractivity contribution in [3.63, 3.8) is 0 Å². The van der Waals surface area contributed by atoms with Gasteiger partial charge in [-0.2, -0.15) is 11.8 Å². The zero-order chi connectivity index (χ0) is 15.6. The number of carbonyl (C=O) groups excluding carboxylic acids is 1. The molecule has 0 radical (unpaired) electrons. The summed E-state index contributed by atoms with van der Waals surface area (Å²) >= 11 is 1.86. The number of anilines is 1. The Morgan fingerprint density at radius 3 is 2.52 bits per heavy atom. The lowest BCUT2D eigenvalue weighted by Gasteiger charge is -2.34. The fourth-order valence-electron chi connectivity index (χ4n) is 2.55. The van der Waals surface area contributed by atoms with Gasteiger partial charge in [0.25, 0.3) is 11.6 Å². The Morgan fingerprint density at radius 2 is 2.00 bits per heavy atom. The maximum atomic E-state index is 12.5. The second kappa shape index (κ2) is 6.34. The molecule has 6 nitrogen and oxygen atoms in total. The number of nitrogens with one attached hydrogen (secondary N) is 1. The average Bonchev–Trinajstić information content (AvgIpc) is 2.44. The van der Waals surface area contributed by atoms with Crippen molar-refractivity contribution in [1.29, 1.82) is 0 Å². The Morgan fingerprint density at radius 1 is 1.38 bits per heavy atom. The summed E-state index contributed by atoms with van der Waals surface area (Å²) in [5.74, 6) is -0.139. The molecule has 0 saturated carbocycles. The summed E-state index contributed by atoms with van der Waals surface area (Å²) in [4.78, 5) is 24.9. The van der Waals surface area contributed by atoms with Gasteiger partial charge in [-0.25, -0.2) is 0 Å². The van der Waals surface area contributed by atoms with E-state index in [1.807, 2.05) is 11.8 Å². The van der Waals surface area contributed by atoms with Gasteiger partial charge < -0.3 is 10.2 Å². The first-order valence-electron chi connectivity index (χ1n) is 6.83. The lowest BCUT2D eigenvalue weighted by atomic mass is 10.1. The van der Waals surface area contributed by atoms with E-state index in [0.29, 0.717) is 34.8 Å². The first kappa shape index (κ1) is 15.6. The van der Waals surface area contributed by atoms with Gasteiger partial charge in [-0.15, -0.1) is 0 Å². The number of hydrogen-bond acceptors (Lipinski definition) is 5. The molecule has 0 aromatic heterocycles. The third-order valence-corrected chi connectivity index (χ3v) is 4.64. The van der Waals surface area contributed by atoms with Gasteiger partial charge in [0, 0.05) is 42.3 Å². The minimum absolute atomic E-state index is 0.0733. The fraction of sp³-hybridized carbons (Fsp3) is 0.500. The molecule has 1 amide bonds. The standard InChI is InChI=1S/C14H19N3O3S/c1-9-7-16(8-10(2)21-9)14(18)11-4-5-12(15-3)13(6-11)17(19)20/h4-6,9-10,15H,7-8H2,1-3H3. The summed E-state index contributed by atoms with van der Waals surface area (Å²) < 4.78 is 0. The Kier molecular flexibility index (Phi) is 4.72. The highest BCUT2D eigenvalue weighted by Gasteiger charge is 2.27. The Hall–Kier alpha value is -1.76. The minimum atomic E-state index is -0.472. The van der Waals surface area contributed by atoms with E-state index < -0.39 is 4.92 Å². The smallest absolute Gasteiger partial charge is 0.293 e. The molecule has 1 aliphatic rings. The lowest BCUT2D eigenvalue weighted by Crippen LogP contribution is -2.44. The second-order valence-electron chi connectivity index (χ2n) is 5.21. The van der Waals surface area contributed by atoms with Crippen LogP contribution in [0.15, 0.2) is 18.2 Å². The molecule has 1 aliphatic heterocycles. The summed E-state index contributed by atoms with van der Waals surface area (Å²) in [7, 11) is 1.62. The first-order valence-corrected chi connectivity index (χ1v) is 7.77. The van der Waals surface area contributed by atoms with Crippen molar-refractivity contribution in [2.45, 2.75) is 24.3 Å². The summed E-state index contributed by atoms with van der Waals surface area (Å²) in [6.07, 6.45) is 0. The van der Waals surface area contributed by atoms with Gasteiger partial charge in [0.1, 0.15) is 5.69 Å². The molecule has 1 N–H and O–H groups in total. The van der Waals surface area contributed by atoms with Crippen molar-refractivity contribution in [2.75, 3.05) is 25.5 Å². The predicted octanol–water partition coefficient (Wildman–Crippen LogP) is 2.60. The predicted molar refractivity (Wildman–Crippen MR) is 85.1 cm³/mol. The van der Waals surface area contributed by atoms with Crippen LogP contribution < -0.4 is 5.32 Å². The Balaban J connectivity index is 2.27. The number of nitro benzene ring substituents is 1. The van der Waals surface area contributed by atoms with E-state index in [2.05, 4.69) is 19.2 Å². The van der Waals surface area contributed by atoms with Crippen LogP contribution in [0, 0.1) is 10.1 Å². The summed E-state index contributed by atoms with van der Waals surface area (Å²) in [5.41, 5.74) is 0.704. The van der Waals surface area contributed by atoms with Crippen LogP contribution in [0.4, 0.5) is 11.4 Å². The molecule has 7 heteroatoms. The molecule has 1 fully saturated rings. The monoisotopic (exact) mass is 309 g/mol. The van der Waals surface area contributed by atoms with Crippen molar-refractivity contribution in [1.82, 2.24) is 4.90 Å². The molecule has 1 saturated heterocycles. The second-order valence-corrected chi connectivity index (χ2v) is 7.09. The molecule has 0 spiro atoms. The number of nitro groups is 1. The highest BCUT2D eigenvalue weighted by molar-refractivity contribution is 8.00. The van der Waals surface area contributed by atoms with Crippen LogP contribution in [0.25, 0.3) is 0 Å². The molecule has 114 valence electrons. The highest BCUT2D eigenvalue weighted by Crippen LogP contribution is 2.28. The zero-order valence-electron chi connectivity index (χ0n) is 12.3. The zero-order valence-corrected chi connectivity index (χ0v) is 13.1. The largest absolute Gasteiger partial charge is 0.383 e. The van der Waals surface area contributed by atoms with E-state index in [-0.39, 0.29) is 11.6 Å². The van der Waals surface area contributed by atoms with Crippen molar-refractivity contribution in [3.8, 4) is 0 Å². The van der Waals surface area contributed by atoms with Crippen molar-refractivity contribution < 1.29 is 9.72 Å². The van der Waals surface area contributed by atoms with Crippen LogP contribution in [0.2, 0.25) is 0 Å². The van der Waals surface area contributed by atoms with E-state index >= 15 is 0 Å². The molecule has 1 aromatic carbocycles. The number of hydrogen-bond donors (Lipinski definition) is 1. The maximum Gasteiger partial charge on any atom is 0.293 e. The highest BCUT2D eigenvalue weighted by atomic mass is 32.2. The van der Waals surface area contributed by atoms with Crippen molar-refractivity contribution in [2.24, 2.45) is 0 Å². The van der Waals surface area contributed by atoms with Gasteiger partial charge in [0.2, 0.25) is 0 Å². The number of nitrogens with zero attached hydrogens (tertiary/aromatic N) is 2. The number of rotatable bonds is 3. The van der Waals surface area contributed by atoms with E-state index in [1.54, 1.807) is 24.1 Å². The molecular formula is C14H19N3O3S. The number of carbonyl (C=O) groups is 1. The number of benzene rings is 1. The van der Waals surface area contributed by atoms with E-state index in [1.165, 1.54) is 6.07 Å². The normalized spacial score (nSPS) is 22.0. The topological polar surface area (TPSA) is 75.5 Å². The molecule has 21 heavy (non-hydrogen) atoms. The van der Waals surface area contributed by atoms with Gasteiger partial charge >= 0.3 is 0 Å². The third kappa shape index (κ3) is 3.47. The molecule has 2 atom stereocenters. The first-order chi connectivity index (χ1) is 9.92. The molecule has 2 rings (SSSR count). The number of thioether (sulfide) groups is 1. The van der Waals surface area contributed by atoms with Gasteiger partial charge in [-0.05, 0) is 12.1 Å². The molecular weight excluding hydrogens is 290 g/mol. The molecule has 0 aliphatic carbocycles. The summed E-state index contributed by atoms with van der Waals surface area (Å²) in [6.45, 7) is 5.53. The van der Waals surface area contributed by atoms with E-state index in [0.717, 1.165) is 0 Å². The Labute approximate surface area is 128 Å². The van der Waals surface area contributed by atoms with Crippen LogP contribution in [-0.2, 0) is 0 Å². The minimum Gasteiger partial charge on any atom is -0.383 e. The fourth-order valence-corrected chi connectivity index (χ4v) is 3.88. The summed E-state index contributed by atoms with van der Waals surface area (Å²) in [5, 5.41) is 14.6. The van der Waals surface area contributed by atoms with Gasteiger partial charge in [0.05, 0.1) is 4.92 Å². The van der Waals surface area contributed by atoms with Crippen LogP contribution >= 0.6 is 11.8 Å². The third-order valence-electron chi connectivity index (χ3n) is 3.42. The lowest BCUT2D eigenvalue weighted by molar-refractivity contribution is -0.384. The molecule has 1 heterocycles. The SMILES string of the molecule is CNc1ccc(C(=O)N2CC(C)SC(C)C2)cc1[N+](=O)[O-]. The van der Waals surface area contributed by atoms with Crippen LogP contribution in [-0.4, -0.2) is 46.4 Å². The molecule has 0 bridgehead atoms.